The molecule has 4 atom stereocenters. The lowest BCUT2D eigenvalue weighted by molar-refractivity contribution is -0.201. The first-order valence-electron chi connectivity index (χ1n) is 7.94. The van der Waals surface area contributed by atoms with Crippen molar-refractivity contribution in [3.8, 4) is 0 Å². The second kappa shape index (κ2) is 8.98. The molecule has 2 aromatic rings. The molecule has 1 aromatic heterocycles. The number of benzene rings is 1. The number of H-pyrrole nitrogens is 1. The lowest BCUT2D eigenvalue weighted by atomic mass is 10.2. The van der Waals surface area contributed by atoms with Crippen LogP contribution in [0.5, 0.6) is 0 Å². The van der Waals surface area contributed by atoms with Gasteiger partial charge in [0.25, 0.3) is 5.56 Å². The van der Waals surface area contributed by atoms with Crippen molar-refractivity contribution in [2.45, 2.75) is 24.8 Å². The fraction of sp³-hybridized carbons (Fsp3) is 0.312. The van der Waals surface area contributed by atoms with Gasteiger partial charge in [-0.3, -0.25) is 18.9 Å². The summed E-state index contributed by atoms with van der Waals surface area (Å²) >= 11 is 0. The van der Waals surface area contributed by atoms with Crippen molar-refractivity contribution in [1.82, 2.24) is 9.55 Å². The van der Waals surface area contributed by atoms with Gasteiger partial charge in [0.2, 0.25) is 6.29 Å². The average molecular weight is 412 g/mol. The van der Waals surface area contributed by atoms with Crippen LogP contribution in [0, 0.1) is 0 Å². The predicted octanol–water partition coefficient (Wildman–Crippen LogP) is 1.15. The van der Waals surface area contributed by atoms with Gasteiger partial charge in [0.1, 0.15) is 0 Å². The molecule has 0 bridgehead atoms. The summed E-state index contributed by atoms with van der Waals surface area (Å²) < 4.78 is 46.3. The van der Waals surface area contributed by atoms with Crippen LogP contribution < -0.4 is 11.2 Å². The quantitative estimate of drug-likeness (QED) is 0.311. The highest BCUT2D eigenvalue weighted by molar-refractivity contribution is 7.17. The van der Waals surface area contributed by atoms with Crippen LogP contribution >= 0.6 is 8.69 Å². The monoisotopic (exact) mass is 412 g/mol. The molecule has 1 saturated heterocycles. The van der Waals surface area contributed by atoms with Gasteiger partial charge in [-0.05, 0) is 12.1 Å². The van der Waals surface area contributed by atoms with Gasteiger partial charge in [-0.1, -0.05) is 18.2 Å². The van der Waals surface area contributed by atoms with Gasteiger partial charge in [-0.15, -0.1) is 0 Å². The minimum absolute atomic E-state index is 0.174. The molecule has 1 aliphatic heterocycles. The van der Waals surface area contributed by atoms with Crippen LogP contribution in [0.25, 0.3) is 0 Å². The Kier molecular flexibility index (Phi) is 6.42. The Balaban J connectivity index is 1.84. The molecule has 1 unspecified atom stereocenters. The summed E-state index contributed by atoms with van der Waals surface area (Å²) in [7, 11) is -0.676. The number of nitrogens with one attached hydrogen (secondary N) is 1. The molecule has 148 valence electrons. The van der Waals surface area contributed by atoms with Crippen LogP contribution in [0.3, 0.4) is 0 Å². The van der Waals surface area contributed by atoms with Crippen molar-refractivity contribution in [3.05, 3.63) is 69.0 Å². The first-order chi connectivity index (χ1) is 13.5. The van der Waals surface area contributed by atoms with Crippen molar-refractivity contribution in [2.24, 2.45) is 0 Å². The van der Waals surface area contributed by atoms with E-state index in [2.05, 4.69) is 4.52 Å². The Morgan fingerprint density at radius 2 is 2.00 bits per heavy atom. The van der Waals surface area contributed by atoms with Gasteiger partial charge in [0.05, 0.1) is 5.56 Å². The summed E-state index contributed by atoms with van der Waals surface area (Å²) in [6.45, 7) is -0.547. The van der Waals surface area contributed by atoms with Crippen molar-refractivity contribution in [2.75, 3.05) is 6.79 Å². The summed E-state index contributed by atoms with van der Waals surface area (Å²) in [5, 5.41) is 0. The summed E-state index contributed by atoms with van der Waals surface area (Å²) in [4.78, 5) is 37.4. The van der Waals surface area contributed by atoms with Crippen LogP contribution in [0.15, 0.2) is 52.2 Å². The molecule has 1 aromatic carbocycles. The van der Waals surface area contributed by atoms with E-state index in [0.717, 1.165) is 16.8 Å². The molecule has 10 nitrogen and oxygen atoms in total. The Morgan fingerprint density at radius 3 is 2.68 bits per heavy atom. The first-order valence-corrected chi connectivity index (χ1v) is 8.67. The van der Waals surface area contributed by atoms with Crippen LogP contribution in [0.2, 0.25) is 0 Å². The zero-order valence-corrected chi connectivity index (χ0v) is 15.0. The number of halogens is 1. The number of nitrogens with zero attached hydrogens (tertiary/aromatic N) is 1. The van der Waals surface area contributed by atoms with Crippen molar-refractivity contribution < 1.29 is 32.5 Å². The Hall–Kier alpha value is -2.72. The maximum absolute atomic E-state index is 15.0. The zero-order chi connectivity index (χ0) is 20.1. The van der Waals surface area contributed by atoms with E-state index >= 15 is 4.39 Å². The number of ether oxygens (including phenoxy) is 3. The Labute approximate surface area is 158 Å². The van der Waals surface area contributed by atoms with Crippen molar-refractivity contribution in [3.63, 3.8) is 0 Å². The van der Waals surface area contributed by atoms with E-state index in [1.54, 1.807) is 18.2 Å². The van der Waals surface area contributed by atoms with E-state index in [4.69, 9.17) is 14.2 Å². The van der Waals surface area contributed by atoms with Gasteiger partial charge < -0.3 is 14.2 Å². The van der Waals surface area contributed by atoms with Crippen LogP contribution in [0.1, 0.15) is 16.6 Å². The molecule has 2 heterocycles. The number of aromatic nitrogens is 2. The van der Waals surface area contributed by atoms with E-state index in [1.807, 2.05) is 4.98 Å². The third kappa shape index (κ3) is 4.39. The standard InChI is InChI=1S/C16H14FN2O8P/c17-11-12(26-14(21)9-4-2-1-3-5-9)15(24-8-25-28-23)27-13(11)19-7-6-10(20)18-16(19)22/h1-7,11-13,15H,8H2,(H,18,20,22)/t11?,12-,13-,15+/m1/s1. The lowest BCUT2D eigenvalue weighted by Crippen LogP contribution is -2.37. The molecule has 28 heavy (non-hydrogen) atoms. The molecule has 3 rings (SSSR count). The topological polar surface area (TPSA) is 126 Å². The van der Waals surface area contributed by atoms with Crippen molar-refractivity contribution in [1.29, 1.82) is 0 Å². The number of hydrogen-bond acceptors (Lipinski definition) is 8. The summed E-state index contributed by atoms with van der Waals surface area (Å²) in [5.41, 5.74) is -1.41. The maximum atomic E-state index is 15.0. The third-order valence-corrected chi connectivity index (χ3v) is 4.05. The number of hydrogen-bond donors (Lipinski definition) is 1. The molecular formula is C16H14FN2O8P. The normalized spacial score (nSPS) is 24.3. The molecule has 1 aliphatic rings. The maximum Gasteiger partial charge on any atom is 0.338 e. The molecule has 12 heteroatoms. The van der Waals surface area contributed by atoms with Gasteiger partial charge in [-0.25, -0.2) is 18.5 Å². The molecule has 0 radical (unpaired) electrons. The number of carbonyl (C=O) groups is 1. The van der Waals surface area contributed by atoms with Crippen LogP contribution in [-0.4, -0.2) is 40.9 Å². The SMILES string of the molecule is O=POCO[C@H]1O[C@@H](n2ccc(=O)[nH]c2=O)C(F)[C@H]1OC(=O)c1ccccc1. The van der Waals surface area contributed by atoms with E-state index < -0.39 is 57.5 Å². The fourth-order valence-electron chi connectivity index (χ4n) is 2.59. The molecule has 0 aliphatic carbocycles. The summed E-state index contributed by atoms with van der Waals surface area (Å²) in [5.74, 6) is -0.831. The molecule has 0 amide bonds. The van der Waals surface area contributed by atoms with Gasteiger partial charge in [0, 0.05) is 12.3 Å². The van der Waals surface area contributed by atoms with E-state index in [-0.39, 0.29) is 5.56 Å². The molecule has 0 saturated carbocycles. The van der Waals surface area contributed by atoms with E-state index in [1.165, 1.54) is 12.1 Å². The second-order valence-corrected chi connectivity index (χ2v) is 5.99. The minimum Gasteiger partial charge on any atom is -0.450 e. The number of esters is 1. The fourth-order valence-corrected chi connectivity index (χ4v) is 2.69. The van der Waals surface area contributed by atoms with Gasteiger partial charge in [-0.2, -0.15) is 0 Å². The highest BCUT2D eigenvalue weighted by Gasteiger charge is 2.50. The average Bonchev–Trinajstić information content (AvgIpc) is 2.98. The first kappa shape index (κ1) is 20.0. The van der Waals surface area contributed by atoms with E-state index in [9.17, 15) is 18.9 Å². The smallest absolute Gasteiger partial charge is 0.338 e. The summed E-state index contributed by atoms with van der Waals surface area (Å²) in [6, 6.07) is 8.86. The lowest BCUT2D eigenvalue weighted by Gasteiger charge is -2.19. The van der Waals surface area contributed by atoms with E-state index in [0.29, 0.717) is 0 Å². The second-order valence-electron chi connectivity index (χ2n) is 5.58. The number of carbonyl (C=O) groups excluding carboxylic acids is 1. The van der Waals surface area contributed by atoms with Gasteiger partial charge >= 0.3 is 20.3 Å². The molecular weight excluding hydrogens is 398 g/mol. The molecule has 1 fully saturated rings. The molecule has 0 spiro atoms. The Bertz CT molecular complexity index is 949. The van der Waals surface area contributed by atoms with Crippen LogP contribution in [0.4, 0.5) is 4.39 Å². The molecule has 1 N–H and O–H groups in total. The number of alkyl halides is 1. The minimum atomic E-state index is -2.01. The highest BCUT2D eigenvalue weighted by atomic mass is 31.1. The summed E-state index contributed by atoms with van der Waals surface area (Å²) in [6.07, 6.45) is -5.50. The highest BCUT2D eigenvalue weighted by Crippen LogP contribution is 2.34. The zero-order valence-electron chi connectivity index (χ0n) is 14.1. The Morgan fingerprint density at radius 1 is 1.25 bits per heavy atom. The van der Waals surface area contributed by atoms with Gasteiger partial charge in [0.15, 0.2) is 25.3 Å². The number of aromatic amines is 1. The van der Waals surface area contributed by atoms with Crippen LogP contribution in [-0.2, 0) is 23.3 Å². The largest absolute Gasteiger partial charge is 0.450 e. The van der Waals surface area contributed by atoms with Crippen molar-refractivity contribution >= 4 is 14.7 Å². The number of rotatable bonds is 7. The third-order valence-electron chi connectivity index (χ3n) is 3.84. The predicted molar refractivity (Wildman–Crippen MR) is 90.4 cm³/mol.